The highest BCUT2D eigenvalue weighted by molar-refractivity contribution is 6.10. The number of carbonyl (C=O) groups excluding carboxylic acids is 2. The number of hydrogen-bond acceptors (Lipinski definition) is 3. The lowest BCUT2D eigenvalue weighted by Crippen LogP contribution is -2.45. The second-order valence-corrected chi connectivity index (χ2v) is 5.28. The summed E-state index contributed by atoms with van der Waals surface area (Å²) in [5.74, 6) is -0.169. The first kappa shape index (κ1) is 14.0. The van der Waals surface area contributed by atoms with Crippen molar-refractivity contribution >= 4 is 17.6 Å². The van der Waals surface area contributed by atoms with Gasteiger partial charge in [0.25, 0.3) is 5.91 Å². The number of amides is 3. The molecule has 0 aliphatic carbocycles. The minimum atomic E-state index is -0.704. The highest BCUT2D eigenvalue weighted by Crippen LogP contribution is 2.33. The normalized spacial score (nSPS) is 18.6. The van der Waals surface area contributed by atoms with Gasteiger partial charge < -0.3 is 11.1 Å². The molecule has 0 aromatic heterocycles. The van der Waals surface area contributed by atoms with Crippen LogP contribution in [0.3, 0.4) is 0 Å². The van der Waals surface area contributed by atoms with E-state index in [2.05, 4.69) is 10.4 Å². The predicted molar refractivity (Wildman–Crippen MR) is 75.6 cm³/mol. The Bertz CT molecular complexity index is 566. The average Bonchev–Trinajstić information content (AvgIpc) is 2.60. The van der Waals surface area contributed by atoms with Crippen molar-refractivity contribution in [3.05, 3.63) is 35.9 Å². The summed E-state index contributed by atoms with van der Waals surface area (Å²) in [5.41, 5.74) is 5.98. The van der Waals surface area contributed by atoms with Gasteiger partial charge in [-0.2, -0.15) is 5.10 Å². The zero-order chi connectivity index (χ0) is 14.9. The van der Waals surface area contributed by atoms with E-state index >= 15 is 0 Å². The molecule has 6 heteroatoms. The number of rotatable bonds is 3. The lowest BCUT2D eigenvalue weighted by molar-refractivity contribution is -0.137. The fourth-order valence-corrected chi connectivity index (χ4v) is 2.00. The second kappa shape index (κ2) is 4.96. The van der Waals surface area contributed by atoms with Gasteiger partial charge in [-0.25, -0.2) is 9.80 Å². The number of hydrazone groups is 1. The van der Waals surface area contributed by atoms with E-state index in [1.807, 2.05) is 30.3 Å². The van der Waals surface area contributed by atoms with Crippen LogP contribution in [0.1, 0.15) is 32.5 Å². The van der Waals surface area contributed by atoms with Crippen molar-refractivity contribution < 1.29 is 9.59 Å². The van der Waals surface area contributed by atoms with Crippen LogP contribution in [0.4, 0.5) is 4.79 Å². The fraction of sp³-hybridized carbons (Fsp3) is 0.357. The first-order valence-corrected chi connectivity index (χ1v) is 6.34. The average molecular weight is 274 g/mol. The lowest BCUT2D eigenvalue weighted by Gasteiger charge is -2.27. The Labute approximate surface area is 117 Å². The van der Waals surface area contributed by atoms with Gasteiger partial charge in [0.15, 0.2) is 6.17 Å². The number of hydrogen-bond donors (Lipinski definition) is 2. The van der Waals surface area contributed by atoms with Crippen molar-refractivity contribution in [1.82, 2.24) is 10.3 Å². The van der Waals surface area contributed by atoms with Gasteiger partial charge in [0.1, 0.15) is 0 Å². The molecule has 1 heterocycles. The topological polar surface area (TPSA) is 87.8 Å². The maximum atomic E-state index is 12.5. The molecule has 1 aromatic rings. The number of benzene rings is 1. The Balaban J connectivity index is 2.39. The standard InChI is InChI=1S/C14H18N4O2/c1-9-14(2,3)12(19)18(17-9)11(16-13(15)20)10-7-5-4-6-8-10/h4-8,11H,1-3H3,(H3,15,16,20). The van der Waals surface area contributed by atoms with E-state index in [-0.39, 0.29) is 5.91 Å². The van der Waals surface area contributed by atoms with Gasteiger partial charge in [0, 0.05) is 0 Å². The Kier molecular flexibility index (Phi) is 3.48. The summed E-state index contributed by atoms with van der Waals surface area (Å²) < 4.78 is 0. The van der Waals surface area contributed by atoms with Crippen LogP contribution in [0.25, 0.3) is 0 Å². The lowest BCUT2D eigenvalue weighted by atomic mass is 9.88. The first-order valence-electron chi connectivity index (χ1n) is 6.34. The van der Waals surface area contributed by atoms with Gasteiger partial charge in [-0.05, 0) is 26.3 Å². The first-order chi connectivity index (χ1) is 9.34. The molecular formula is C14H18N4O2. The summed E-state index contributed by atoms with van der Waals surface area (Å²) in [6.07, 6.45) is -0.696. The molecule has 1 aliphatic heterocycles. The molecule has 0 radical (unpaired) electrons. The SMILES string of the molecule is CC1=NN(C(NC(N)=O)c2ccccc2)C(=O)C1(C)C. The summed E-state index contributed by atoms with van der Waals surface area (Å²) >= 11 is 0. The molecule has 0 saturated heterocycles. The van der Waals surface area contributed by atoms with Crippen molar-refractivity contribution in [2.45, 2.75) is 26.9 Å². The third kappa shape index (κ3) is 2.36. The smallest absolute Gasteiger partial charge is 0.314 e. The van der Waals surface area contributed by atoms with E-state index in [0.717, 1.165) is 5.56 Å². The summed E-state index contributed by atoms with van der Waals surface area (Å²) in [5, 5.41) is 8.13. The highest BCUT2D eigenvalue weighted by atomic mass is 16.2. The quantitative estimate of drug-likeness (QED) is 0.876. The zero-order valence-electron chi connectivity index (χ0n) is 11.8. The minimum absolute atomic E-state index is 0.169. The summed E-state index contributed by atoms with van der Waals surface area (Å²) in [6, 6.07) is 8.42. The molecule has 0 fully saturated rings. The Morgan fingerprint density at radius 2 is 1.95 bits per heavy atom. The predicted octanol–water partition coefficient (Wildman–Crippen LogP) is 1.60. The summed E-state index contributed by atoms with van der Waals surface area (Å²) in [7, 11) is 0. The van der Waals surface area contributed by atoms with Crippen LogP contribution in [-0.2, 0) is 4.79 Å². The second-order valence-electron chi connectivity index (χ2n) is 5.28. The molecule has 1 aromatic carbocycles. The molecule has 1 atom stereocenters. The number of carbonyl (C=O) groups is 2. The van der Waals surface area contributed by atoms with Crippen molar-refractivity contribution in [2.24, 2.45) is 16.3 Å². The molecule has 0 bridgehead atoms. The van der Waals surface area contributed by atoms with E-state index < -0.39 is 17.6 Å². The van der Waals surface area contributed by atoms with Gasteiger partial charge in [-0.15, -0.1) is 0 Å². The van der Waals surface area contributed by atoms with Crippen LogP contribution in [0.2, 0.25) is 0 Å². The van der Waals surface area contributed by atoms with Crippen molar-refractivity contribution in [3.8, 4) is 0 Å². The van der Waals surface area contributed by atoms with Crippen LogP contribution < -0.4 is 11.1 Å². The minimum Gasteiger partial charge on any atom is -0.352 e. The highest BCUT2D eigenvalue weighted by Gasteiger charge is 2.44. The van der Waals surface area contributed by atoms with E-state index in [4.69, 9.17) is 5.73 Å². The van der Waals surface area contributed by atoms with Crippen molar-refractivity contribution in [3.63, 3.8) is 0 Å². The Morgan fingerprint density at radius 1 is 1.35 bits per heavy atom. The van der Waals surface area contributed by atoms with Crippen LogP contribution >= 0.6 is 0 Å². The van der Waals surface area contributed by atoms with Crippen LogP contribution in [0.15, 0.2) is 35.4 Å². The summed E-state index contributed by atoms with van der Waals surface area (Å²) in [4.78, 5) is 23.7. The third-order valence-electron chi connectivity index (χ3n) is 3.54. The molecule has 1 aliphatic rings. The van der Waals surface area contributed by atoms with E-state index in [9.17, 15) is 9.59 Å². The van der Waals surface area contributed by atoms with E-state index in [0.29, 0.717) is 5.71 Å². The number of urea groups is 1. The molecular weight excluding hydrogens is 256 g/mol. The van der Waals surface area contributed by atoms with Gasteiger partial charge >= 0.3 is 6.03 Å². The molecule has 1 unspecified atom stereocenters. The molecule has 2 rings (SSSR count). The maximum Gasteiger partial charge on any atom is 0.314 e. The van der Waals surface area contributed by atoms with Crippen molar-refractivity contribution in [1.29, 1.82) is 0 Å². The van der Waals surface area contributed by atoms with Crippen LogP contribution in [0.5, 0.6) is 0 Å². The van der Waals surface area contributed by atoms with Gasteiger partial charge in [0.05, 0.1) is 11.1 Å². The van der Waals surface area contributed by atoms with Gasteiger partial charge in [-0.3, -0.25) is 4.79 Å². The largest absolute Gasteiger partial charge is 0.352 e. The van der Waals surface area contributed by atoms with Crippen LogP contribution in [0, 0.1) is 5.41 Å². The number of nitrogens with zero attached hydrogens (tertiary/aromatic N) is 2. The summed E-state index contributed by atoms with van der Waals surface area (Å²) in [6.45, 7) is 5.41. The van der Waals surface area contributed by atoms with Crippen molar-refractivity contribution in [2.75, 3.05) is 0 Å². The van der Waals surface area contributed by atoms with E-state index in [1.165, 1.54) is 5.01 Å². The molecule has 6 nitrogen and oxygen atoms in total. The molecule has 3 amide bonds. The molecule has 3 N–H and O–H groups in total. The monoisotopic (exact) mass is 274 g/mol. The molecule has 0 saturated carbocycles. The molecule has 20 heavy (non-hydrogen) atoms. The Morgan fingerprint density at radius 3 is 2.40 bits per heavy atom. The third-order valence-corrected chi connectivity index (χ3v) is 3.54. The molecule has 0 spiro atoms. The maximum absolute atomic E-state index is 12.5. The number of nitrogens with two attached hydrogens (primary N) is 1. The van der Waals surface area contributed by atoms with Crippen LogP contribution in [-0.4, -0.2) is 22.7 Å². The van der Waals surface area contributed by atoms with Gasteiger partial charge in [0.2, 0.25) is 0 Å². The number of primary amides is 1. The fourth-order valence-electron chi connectivity index (χ4n) is 2.00. The Hall–Kier alpha value is -2.37. The molecule has 106 valence electrons. The van der Waals surface area contributed by atoms with E-state index in [1.54, 1.807) is 20.8 Å². The zero-order valence-corrected chi connectivity index (χ0v) is 11.8. The number of nitrogens with one attached hydrogen (secondary N) is 1. The van der Waals surface area contributed by atoms with Gasteiger partial charge in [-0.1, -0.05) is 30.3 Å².